The average Bonchev–Trinajstić information content (AvgIpc) is 3.22. The molecule has 0 unspecified atom stereocenters. The monoisotopic (exact) mass is 451 g/mol. The Kier molecular flexibility index (Phi) is 8.34. The first-order valence-corrected chi connectivity index (χ1v) is 10.7. The standard InChI is InChI=1S/C23H29N7O3/c1-17-4-6-21(7-5-17)33-11-10-29(3)23(32)16-30-15-20(14-27-30)28-22(31)8-9-24-19-12-25-18(2)26-13-19/h4-7,12-15,24H,8-11,16H2,1-3H3,(H,28,31). The fourth-order valence-electron chi connectivity index (χ4n) is 2.86. The lowest BCUT2D eigenvalue weighted by Crippen LogP contribution is -2.33. The van der Waals surface area contributed by atoms with Crippen molar-refractivity contribution in [3.8, 4) is 5.75 Å². The van der Waals surface area contributed by atoms with Gasteiger partial charge < -0.3 is 20.3 Å². The second-order valence-electron chi connectivity index (χ2n) is 7.65. The number of carbonyl (C=O) groups excluding carboxylic acids is 2. The van der Waals surface area contributed by atoms with Gasteiger partial charge in [0.2, 0.25) is 11.8 Å². The van der Waals surface area contributed by atoms with Gasteiger partial charge in [0.05, 0.1) is 36.5 Å². The highest BCUT2D eigenvalue weighted by Crippen LogP contribution is 2.11. The molecule has 0 saturated carbocycles. The quantitative estimate of drug-likeness (QED) is 0.460. The molecule has 0 aliphatic carbocycles. The number of nitrogens with one attached hydrogen (secondary N) is 2. The number of benzene rings is 1. The van der Waals surface area contributed by atoms with Gasteiger partial charge in [-0.05, 0) is 26.0 Å². The number of ether oxygens (including phenoxy) is 1. The van der Waals surface area contributed by atoms with Crippen molar-refractivity contribution in [2.45, 2.75) is 26.8 Å². The Morgan fingerprint density at radius 2 is 1.79 bits per heavy atom. The molecule has 0 spiro atoms. The number of amides is 2. The van der Waals surface area contributed by atoms with Crippen molar-refractivity contribution >= 4 is 23.2 Å². The highest BCUT2D eigenvalue weighted by molar-refractivity contribution is 5.90. The van der Waals surface area contributed by atoms with Gasteiger partial charge in [-0.1, -0.05) is 17.7 Å². The van der Waals surface area contributed by atoms with Gasteiger partial charge in [0.1, 0.15) is 24.7 Å². The van der Waals surface area contributed by atoms with Crippen LogP contribution in [-0.4, -0.2) is 63.2 Å². The normalized spacial score (nSPS) is 10.5. The number of nitrogens with zero attached hydrogens (tertiary/aromatic N) is 5. The molecule has 1 aromatic carbocycles. The van der Waals surface area contributed by atoms with E-state index >= 15 is 0 Å². The van der Waals surface area contributed by atoms with Crippen LogP contribution < -0.4 is 15.4 Å². The lowest BCUT2D eigenvalue weighted by molar-refractivity contribution is -0.131. The highest BCUT2D eigenvalue weighted by Gasteiger charge is 2.11. The van der Waals surface area contributed by atoms with E-state index in [1.54, 1.807) is 30.5 Å². The molecule has 0 atom stereocenters. The Morgan fingerprint density at radius 3 is 2.52 bits per heavy atom. The predicted molar refractivity (Wildman–Crippen MR) is 125 cm³/mol. The average molecular weight is 452 g/mol. The molecule has 0 fully saturated rings. The van der Waals surface area contributed by atoms with Gasteiger partial charge in [0, 0.05) is 26.2 Å². The molecule has 10 heteroatoms. The third-order valence-electron chi connectivity index (χ3n) is 4.82. The van der Waals surface area contributed by atoms with E-state index in [1.165, 1.54) is 16.4 Å². The summed E-state index contributed by atoms with van der Waals surface area (Å²) in [5, 5.41) is 10.0. The number of hydrogen-bond donors (Lipinski definition) is 2. The molecule has 2 aromatic heterocycles. The molecule has 0 saturated heterocycles. The molecular weight excluding hydrogens is 422 g/mol. The number of aryl methyl sites for hydroxylation is 2. The minimum Gasteiger partial charge on any atom is -0.492 e. The molecule has 33 heavy (non-hydrogen) atoms. The summed E-state index contributed by atoms with van der Waals surface area (Å²) in [7, 11) is 1.72. The fraction of sp³-hybridized carbons (Fsp3) is 0.348. The number of hydrogen-bond acceptors (Lipinski definition) is 7. The van der Waals surface area contributed by atoms with E-state index in [-0.39, 0.29) is 24.8 Å². The van der Waals surface area contributed by atoms with Gasteiger partial charge in [-0.2, -0.15) is 5.10 Å². The van der Waals surface area contributed by atoms with E-state index in [2.05, 4.69) is 25.7 Å². The Bertz CT molecular complexity index is 1050. The molecule has 0 aliphatic heterocycles. The first-order valence-electron chi connectivity index (χ1n) is 10.7. The van der Waals surface area contributed by atoms with Gasteiger partial charge in [-0.3, -0.25) is 14.3 Å². The minimum absolute atomic E-state index is 0.0753. The molecule has 2 N–H and O–H groups in total. The number of likely N-dealkylation sites (N-methyl/N-ethyl adjacent to an activating group) is 1. The first-order chi connectivity index (χ1) is 15.9. The topological polar surface area (TPSA) is 114 Å². The molecular formula is C23H29N7O3. The second-order valence-corrected chi connectivity index (χ2v) is 7.65. The van der Waals surface area contributed by atoms with Crippen LogP contribution >= 0.6 is 0 Å². The molecule has 3 aromatic rings. The van der Waals surface area contributed by atoms with Crippen LogP contribution in [0, 0.1) is 13.8 Å². The van der Waals surface area contributed by atoms with E-state index in [1.807, 2.05) is 38.1 Å². The smallest absolute Gasteiger partial charge is 0.244 e. The van der Waals surface area contributed by atoms with Crippen molar-refractivity contribution < 1.29 is 14.3 Å². The van der Waals surface area contributed by atoms with Gasteiger partial charge >= 0.3 is 0 Å². The summed E-state index contributed by atoms with van der Waals surface area (Å²) < 4.78 is 7.17. The van der Waals surface area contributed by atoms with Crippen LogP contribution in [0.4, 0.5) is 11.4 Å². The summed E-state index contributed by atoms with van der Waals surface area (Å²) in [6, 6.07) is 7.77. The minimum atomic E-state index is -0.160. The third-order valence-corrected chi connectivity index (χ3v) is 4.82. The molecule has 2 heterocycles. The van der Waals surface area contributed by atoms with Crippen LogP contribution in [0.1, 0.15) is 17.8 Å². The maximum absolute atomic E-state index is 12.4. The van der Waals surface area contributed by atoms with E-state index in [9.17, 15) is 9.59 Å². The van der Waals surface area contributed by atoms with Crippen molar-refractivity contribution in [3.63, 3.8) is 0 Å². The van der Waals surface area contributed by atoms with Gasteiger partial charge in [-0.15, -0.1) is 0 Å². The summed E-state index contributed by atoms with van der Waals surface area (Å²) in [6.45, 7) is 5.20. The van der Waals surface area contributed by atoms with E-state index < -0.39 is 0 Å². The lowest BCUT2D eigenvalue weighted by atomic mass is 10.2. The van der Waals surface area contributed by atoms with E-state index in [0.29, 0.717) is 31.2 Å². The van der Waals surface area contributed by atoms with Crippen molar-refractivity contribution in [3.05, 3.63) is 60.4 Å². The third kappa shape index (κ3) is 7.91. The summed E-state index contributed by atoms with van der Waals surface area (Å²) in [6.07, 6.45) is 6.77. The summed E-state index contributed by atoms with van der Waals surface area (Å²) in [5.41, 5.74) is 2.46. The molecule has 174 valence electrons. The first kappa shape index (κ1) is 23.7. The summed E-state index contributed by atoms with van der Waals surface area (Å²) in [5.74, 6) is 1.20. The van der Waals surface area contributed by atoms with Crippen LogP contribution in [0.5, 0.6) is 5.75 Å². The predicted octanol–water partition coefficient (Wildman–Crippen LogP) is 2.27. The Hall–Kier alpha value is -3.95. The van der Waals surface area contributed by atoms with E-state index in [4.69, 9.17) is 4.74 Å². The summed E-state index contributed by atoms with van der Waals surface area (Å²) in [4.78, 5) is 34.4. The fourth-order valence-corrected chi connectivity index (χ4v) is 2.86. The van der Waals surface area contributed by atoms with Crippen LogP contribution in [0.2, 0.25) is 0 Å². The van der Waals surface area contributed by atoms with Crippen LogP contribution in [0.15, 0.2) is 49.1 Å². The SMILES string of the molecule is Cc1ccc(OCCN(C)C(=O)Cn2cc(NC(=O)CCNc3cnc(C)nc3)cn2)cc1. The van der Waals surface area contributed by atoms with Gasteiger partial charge in [-0.25, -0.2) is 9.97 Å². The Balaban J connectivity index is 1.36. The number of anilines is 2. The van der Waals surface area contributed by atoms with Crippen LogP contribution in [0.3, 0.4) is 0 Å². The van der Waals surface area contributed by atoms with Crippen molar-refractivity contribution in [1.29, 1.82) is 0 Å². The number of aromatic nitrogens is 4. The maximum Gasteiger partial charge on any atom is 0.244 e. The molecule has 0 aliphatic rings. The molecule has 3 rings (SSSR count). The zero-order valence-corrected chi connectivity index (χ0v) is 19.1. The van der Waals surface area contributed by atoms with Crippen molar-refractivity contribution in [1.82, 2.24) is 24.6 Å². The zero-order chi connectivity index (χ0) is 23.6. The number of rotatable bonds is 11. The molecule has 2 amide bonds. The van der Waals surface area contributed by atoms with Crippen molar-refractivity contribution in [2.75, 3.05) is 37.4 Å². The Labute approximate surface area is 193 Å². The van der Waals surface area contributed by atoms with Crippen LogP contribution in [0.25, 0.3) is 0 Å². The second kappa shape index (κ2) is 11.6. The Morgan fingerprint density at radius 1 is 1.06 bits per heavy atom. The highest BCUT2D eigenvalue weighted by atomic mass is 16.5. The van der Waals surface area contributed by atoms with Crippen LogP contribution in [-0.2, 0) is 16.1 Å². The molecule has 0 radical (unpaired) electrons. The maximum atomic E-state index is 12.4. The van der Waals surface area contributed by atoms with Gasteiger partial charge in [0.25, 0.3) is 0 Å². The largest absolute Gasteiger partial charge is 0.492 e. The molecule has 0 bridgehead atoms. The summed E-state index contributed by atoms with van der Waals surface area (Å²) >= 11 is 0. The lowest BCUT2D eigenvalue weighted by Gasteiger charge is -2.17. The zero-order valence-electron chi connectivity index (χ0n) is 19.1. The molecule has 10 nitrogen and oxygen atoms in total. The van der Waals surface area contributed by atoms with Crippen molar-refractivity contribution in [2.24, 2.45) is 0 Å². The van der Waals surface area contributed by atoms with Gasteiger partial charge in [0.15, 0.2) is 0 Å². The number of carbonyl (C=O) groups is 2. The van der Waals surface area contributed by atoms with E-state index in [0.717, 1.165) is 11.4 Å².